The van der Waals surface area contributed by atoms with Crippen molar-refractivity contribution in [2.75, 3.05) is 26.2 Å². The molecule has 1 saturated heterocycles. The van der Waals surface area contributed by atoms with Crippen molar-refractivity contribution in [2.24, 2.45) is 5.92 Å². The fourth-order valence-electron chi connectivity index (χ4n) is 2.59. The van der Waals surface area contributed by atoms with Crippen LogP contribution in [0.15, 0.2) is 0 Å². The van der Waals surface area contributed by atoms with Crippen LogP contribution in [0.3, 0.4) is 0 Å². The SMILES string of the molecule is CC(C)CC(C)(O)CNC(=O)CCN1CCCC1. The van der Waals surface area contributed by atoms with Gasteiger partial charge in [0.2, 0.25) is 5.91 Å². The summed E-state index contributed by atoms with van der Waals surface area (Å²) in [5, 5.41) is 12.9. The van der Waals surface area contributed by atoms with E-state index in [9.17, 15) is 9.90 Å². The minimum Gasteiger partial charge on any atom is -0.388 e. The molecule has 0 aromatic rings. The molecule has 0 saturated carbocycles. The summed E-state index contributed by atoms with van der Waals surface area (Å²) in [5.41, 5.74) is -0.794. The molecule has 1 rings (SSSR count). The van der Waals surface area contributed by atoms with Crippen LogP contribution in [0.1, 0.15) is 46.5 Å². The van der Waals surface area contributed by atoms with Gasteiger partial charge in [-0.1, -0.05) is 13.8 Å². The molecule has 0 radical (unpaired) electrons. The first-order chi connectivity index (χ1) is 8.39. The molecule has 1 amide bonds. The van der Waals surface area contributed by atoms with Crippen molar-refractivity contribution < 1.29 is 9.90 Å². The Balaban J connectivity index is 2.15. The van der Waals surface area contributed by atoms with Gasteiger partial charge in [0.05, 0.1) is 5.60 Å². The molecule has 1 aliphatic heterocycles. The van der Waals surface area contributed by atoms with Gasteiger partial charge in [-0.15, -0.1) is 0 Å². The standard InChI is InChI=1S/C14H28N2O2/c1-12(2)10-14(3,18)11-15-13(17)6-9-16-7-4-5-8-16/h12,18H,4-11H2,1-3H3,(H,15,17). The monoisotopic (exact) mass is 256 g/mol. The number of nitrogens with one attached hydrogen (secondary N) is 1. The lowest BCUT2D eigenvalue weighted by molar-refractivity contribution is -0.122. The Morgan fingerprint density at radius 2 is 2.00 bits per heavy atom. The van der Waals surface area contributed by atoms with Gasteiger partial charge in [-0.25, -0.2) is 0 Å². The van der Waals surface area contributed by atoms with E-state index >= 15 is 0 Å². The number of aliphatic hydroxyl groups is 1. The van der Waals surface area contributed by atoms with E-state index in [1.807, 2.05) is 0 Å². The van der Waals surface area contributed by atoms with E-state index < -0.39 is 5.60 Å². The molecule has 0 aromatic carbocycles. The lowest BCUT2D eigenvalue weighted by Crippen LogP contribution is -2.42. The Labute approximate surface area is 111 Å². The summed E-state index contributed by atoms with van der Waals surface area (Å²) in [6.07, 6.45) is 3.76. The molecular weight excluding hydrogens is 228 g/mol. The second-order valence-electron chi connectivity index (χ2n) is 6.17. The zero-order valence-electron chi connectivity index (χ0n) is 12.0. The maximum Gasteiger partial charge on any atom is 0.221 e. The summed E-state index contributed by atoms with van der Waals surface area (Å²) in [4.78, 5) is 14.0. The van der Waals surface area contributed by atoms with Gasteiger partial charge in [-0.05, 0) is 45.2 Å². The molecule has 4 nitrogen and oxygen atoms in total. The van der Waals surface area contributed by atoms with E-state index in [0.717, 1.165) is 19.6 Å². The fourth-order valence-corrected chi connectivity index (χ4v) is 2.59. The molecule has 1 fully saturated rings. The summed E-state index contributed by atoms with van der Waals surface area (Å²) < 4.78 is 0. The second-order valence-corrected chi connectivity index (χ2v) is 6.17. The molecule has 1 atom stereocenters. The van der Waals surface area contributed by atoms with Crippen LogP contribution in [-0.2, 0) is 4.79 Å². The Hall–Kier alpha value is -0.610. The zero-order chi connectivity index (χ0) is 13.6. The quantitative estimate of drug-likeness (QED) is 0.723. The fraction of sp³-hybridized carbons (Fsp3) is 0.929. The molecule has 1 aliphatic rings. The maximum absolute atomic E-state index is 11.7. The van der Waals surface area contributed by atoms with E-state index in [4.69, 9.17) is 0 Å². The van der Waals surface area contributed by atoms with Gasteiger partial charge in [0, 0.05) is 19.5 Å². The Morgan fingerprint density at radius 3 is 2.56 bits per heavy atom. The summed E-state index contributed by atoms with van der Waals surface area (Å²) in [6, 6.07) is 0. The average molecular weight is 256 g/mol. The minimum atomic E-state index is -0.794. The zero-order valence-corrected chi connectivity index (χ0v) is 12.0. The first-order valence-electron chi connectivity index (χ1n) is 7.10. The first kappa shape index (κ1) is 15.4. The van der Waals surface area contributed by atoms with Crippen LogP contribution in [0, 0.1) is 5.92 Å². The Morgan fingerprint density at radius 1 is 1.39 bits per heavy atom. The molecule has 4 heteroatoms. The van der Waals surface area contributed by atoms with Crippen molar-refractivity contribution in [1.82, 2.24) is 10.2 Å². The van der Waals surface area contributed by atoms with Gasteiger partial charge in [-0.2, -0.15) is 0 Å². The van der Waals surface area contributed by atoms with Crippen molar-refractivity contribution in [3.63, 3.8) is 0 Å². The number of hydrogen-bond acceptors (Lipinski definition) is 3. The van der Waals surface area contributed by atoms with Crippen LogP contribution >= 0.6 is 0 Å². The van der Waals surface area contributed by atoms with Crippen LogP contribution in [0.5, 0.6) is 0 Å². The van der Waals surface area contributed by atoms with Gasteiger partial charge in [0.25, 0.3) is 0 Å². The van der Waals surface area contributed by atoms with E-state index in [2.05, 4.69) is 24.1 Å². The first-order valence-corrected chi connectivity index (χ1v) is 7.10. The molecule has 106 valence electrons. The summed E-state index contributed by atoms with van der Waals surface area (Å²) in [6.45, 7) is 9.37. The maximum atomic E-state index is 11.7. The number of carbonyl (C=O) groups excluding carboxylic acids is 1. The molecule has 2 N–H and O–H groups in total. The number of carbonyl (C=O) groups is 1. The van der Waals surface area contributed by atoms with Crippen LogP contribution in [0.2, 0.25) is 0 Å². The molecule has 1 heterocycles. The third kappa shape index (κ3) is 6.36. The van der Waals surface area contributed by atoms with Crippen molar-refractivity contribution in [1.29, 1.82) is 0 Å². The number of likely N-dealkylation sites (tertiary alicyclic amines) is 1. The highest BCUT2D eigenvalue weighted by Gasteiger charge is 2.22. The summed E-state index contributed by atoms with van der Waals surface area (Å²) >= 11 is 0. The molecule has 0 spiro atoms. The normalized spacial score (nSPS) is 20.1. The largest absolute Gasteiger partial charge is 0.388 e. The van der Waals surface area contributed by atoms with Crippen molar-refractivity contribution >= 4 is 5.91 Å². The number of rotatable bonds is 7. The van der Waals surface area contributed by atoms with Crippen LogP contribution in [0.4, 0.5) is 0 Å². The summed E-state index contributed by atoms with van der Waals surface area (Å²) in [5.74, 6) is 0.479. The van der Waals surface area contributed by atoms with E-state index in [-0.39, 0.29) is 5.91 Å². The minimum absolute atomic E-state index is 0.0472. The highest BCUT2D eigenvalue weighted by Crippen LogP contribution is 2.15. The predicted octanol–water partition coefficient (Wildman–Crippen LogP) is 1.39. The molecule has 1 unspecified atom stereocenters. The van der Waals surface area contributed by atoms with Gasteiger partial charge < -0.3 is 15.3 Å². The van der Waals surface area contributed by atoms with Crippen molar-refractivity contribution in [3.05, 3.63) is 0 Å². The highest BCUT2D eigenvalue weighted by molar-refractivity contribution is 5.76. The van der Waals surface area contributed by atoms with Gasteiger partial charge in [-0.3, -0.25) is 4.79 Å². The molecular formula is C14H28N2O2. The number of nitrogens with zero attached hydrogens (tertiary/aromatic N) is 1. The molecule has 0 aliphatic carbocycles. The number of amides is 1. The Kier molecular flexibility index (Phi) is 6.09. The topological polar surface area (TPSA) is 52.6 Å². The summed E-state index contributed by atoms with van der Waals surface area (Å²) in [7, 11) is 0. The van der Waals surface area contributed by atoms with Crippen molar-refractivity contribution in [2.45, 2.75) is 52.1 Å². The highest BCUT2D eigenvalue weighted by atomic mass is 16.3. The van der Waals surface area contributed by atoms with Crippen LogP contribution in [-0.4, -0.2) is 47.7 Å². The molecule has 0 bridgehead atoms. The van der Waals surface area contributed by atoms with Crippen LogP contribution < -0.4 is 5.32 Å². The van der Waals surface area contributed by atoms with Gasteiger partial charge in [0.15, 0.2) is 0 Å². The lowest BCUT2D eigenvalue weighted by atomic mass is 9.94. The lowest BCUT2D eigenvalue weighted by Gasteiger charge is -2.25. The molecule has 18 heavy (non-hydrogen) atoms. The van der Waals surface area contributed by atoms with E-state index in [1.165, 1.54) is 12.8 Å². The van der Waals surface area contributed by atoms with Crippen molar-refractivity contribution in [3.8, 4) is 0 Å². The van der Waals surface area contributed by atoms with E-state index in [0.29, 0.717) is 25.3 Å². The Bertz CT molecular complexity index is 259. The average Bonchev–Trinajstić information content (AvgIpc) is 2.74. The molecule has 0 aromatic heterocycles. The van der Waals surface area contributed by atoms with Gasteiger partial charge in [0.1, 0.15) is 0 Å². The smallest absolute Gasteiger partial charge is 0.221 e. The number of hydrogen-bond donors (Lipinski definition) is 2. The van der Waals surface area contributed by atoms with Gasteiger partial charge >= 0.3 is 0 Å². The van der Waals surface area contributed by atoms with Crippen LogP contribution in [0.25, 0.3) is 0 Å². The third-order valence-electron chi connectivity index (χ3n) is 3.37. The van der Waals surface area contributed by atoms with E-state index in [1.54, 1.807) is 6.92 Å². The predicted molar refractivity (Wildman–Crippen MR) is 73.4 cm³/mol. The third-order valence-corrected chi connectivity index (χ3v) is 3.37. The second kappa shape index (κ2) is 7.10.